The van der Waals surface area contributed by atoms with Crippen LogP contribution < -0.4 is 0 Å². The van der Waals surface area contributed by atoms with Crippen molar-refractivity contribution in [2.24, 2.45) is 0 Å². The van der Waals surface area contributed by atoms with E-state index in [9.17, 15) is 17.6 Å². The molecule has 1 saturated heterocycles. The zero-order chi connectivity index (χ0) is 17.3. The molecule has 1 amide bonds. The topological polar surface area (TPSA) is 99.3 Å². The number of aryl methyl sites for hydroxylation is 1. The summed E-state index contributed by atoms with van der Waals surface area (Å²) in [7, 11) is -3.73. The van der Waals surface area contributed by atoms with E-state index >= 15 is 0 Å². The van der Waals surface area contributed by atoms with Crippen LogP contribution in [0.25, 0.3) is 0 Å². The van der Waals surface area contributed by atoms with E-state index in [4.69, 9.17) is 0 Å². The summed E-state index contributed by atoms with van der Waals surface area (Å²) < 4.78 is 39.1. The Bertz CT molecular complexity index is 845. The first kappa shape index (κ1) is 16.5. The van der Waals surface area contributed by atoms with Crippen LogP contribution in [0.3, 0.4) is 0 Å². The number of amides is 1. The standard InChI is InChI=1S/C14H16FN5O3S/c1-10-8-11(15)2-3-12(10)13(21)19-4-6-20(7-5-19)24(22,23)14-16-9-17-18-14/h2-3,8-9H,4-7H2,1H3,(H,16,17,18). The number of aromatic amines is 1. The predicted molar refractivity (Wildman–Crippen MR) is 82.2 cm³/mol. The molecule has 0 radical (unpaired) electrons. The summed E-state index contributed by atoms with van der Waals surface area (Å²) in [6, 6.07) is 3.99. The van der Waals surface area contributed by atoms with E-state index in [2.05, 4.69) is 15.2 Å². The van der Waals surface area contributed by atoms with Crippen LogP contribution in [-0.4, -0.2) is 64.9 Å². The summed E-state index contributed by atoms with van der Waals surface area (Å²) in [5, 5.41) is 5.67. The van der Waals surface area contributed by atoms with Gasteiger partial charge in [-0.25, -0.2) is 22.9 Å². The number of carbonyl (C=O) groups is 1. The van der Waals surface area contributed by atoms with Gasteiger partial charge in [-0.2, -0.15) is 9.40 Å². The highest BCUT2D eigenvalue weighted by atomic mass is 32.2. The Hall–Kier alpha value is -2.33. The minimum atomic E-state index is -3.73. The quantitative estimate of drug-likeness (QED) is 0.861. The number of hydrogen-bond acceptors (Lipinski definition) is 5. The molecule has 0 unspecified atom stereocenters. The lowest BCUT2D eigenvalue weighted by molar-refractivity contribution is 0.0697. The number of carbonyl (C=O) groups excluding carboxylic acids is 1. The summed E-state index contributed by atoms with van der Waals surface area (Å²) in [6.45, 7) is 2.50. The van der Waals surface area contributed by atoms with Crippen molar-refractivity contribution in [1.29, 1.82) is 0 Å². The summed E-state index contributed by atoms with van der Waals surface area (Å²) >= 11 is 0. The van der Waals surface area contributed by atoms with Crippen LogP contribution in [-0.2, 0) is 10.0 Å². The number of nitrogens with zero attached hydrogens (tertiary/aromatic N) is 4. The molecule has 2 heterocycles. The summed E-state index contributed by atoms with van der Waals surface area (Å²) in [5.74, 6) is -0.628. The Morgan fingerprint density at radius 1 is 1.25 bits per heavy atom. The van der Waals surface area contributed by atoms with Gasteiger partial charge in [0.05, 0.1) is 0 Å². The van der Waals surface area contributed by atoms with Crippen molar-refractivity contribution >= 4 is 15.9 Å². The molecule has 0 atom stereocenters. The average molecular weight is 353 g/mol. The van der Waals surface area contributed by atoms with E-state index < -0.39 is 15.8 Å². The number of rotatable bonds is 3. The van der Waals surface area contributed by atoms with E-state index in [1.165, 1.54) is 22.5 Å². The van der Waals surface area contributed by atoms with Gasteiger partial charge in [0, 0.05) is 31.7 Å². The van der Waals surface area contributed by atoms with Gasteiger partial charge in [0.25, 0.3) is 21.1 Å². The minimum absolute atomic E-state index is 0.162. The molecule has 10 heteroatoms. The molecule has 1 aromatic carbocycles. The van der Waals surface area contributed by atoms with Gasteiger partial charge in [0.1, 0.15) is 12.1 Å². The third-order valence-electron chi connectivity index (χ3n) is 3.92. The Morgan fingerprint density at radius 3 is 2.54 bits per heavy atom. The van der Waals surface area contributed by atoms with Crippen LogP contribution >= 0.6 is 0 Å². The van der Waals surface area contributed by atoms with Gasteiger partial charge in [-0.15, -0.1) is 0 Å². The number of H-pyrrole nitrogens is 1. The molecule has 1 aromatic heterocycles. The lowest BCUT2D eigenvalue weighted by Crippen LogP contribution is -2.50. The lowest BCUT2D eigenvalue weighted by atomic mass is 10.1. The summed E-state index contributed by atoms with van der Waals surface area (Å²) in [5.41, 5.74) is 0.972. The van der Waals surface area contributed by atoms with E-state index in [1.54, 1.807) is 11.8 Å². The van der Waals surface area contributed by atoms with Crippen molar-refractivity contribution in [3.05, 3.63) is 41.5 Å². The van der Waals surface area contributed by atoms with Crippen molar-refractivity contribution in [3.63, 3.8) is 0 Å². The fourth-order valence-corrected chi connectivity index (χ4v) is 3.85. The molecule has 2 aromatic rings. The zero-order valence-electron chi connectivity index (χ0n) is 12.9. The molecule has 24 heavy (non-hydrogen) atoms. The maximum atomic E-state index is 13.2. The second-order valence-corrected chi connectivity index (χ2v) is 7.30. The molecular formula is C14H16FN5O3S. The summed E-state index contributed by atoms with van der Waals surface area (Å²) in [6.07, 6.45) is 1.13. The fourth-order valence-electron chi connectivity index (χ4n) is 2.61. The van der Waals surface area contributed by atoms with Gasteiger partial charge < -0.3 is 4.90 Å². The molecule has 8 nitrogen and oxygen atoms in total. The Labute approximate surface area is 138 Å². The molecule has 3 rings (SSSR count). The first-order valence-corrected chi connectivity index (χ1v) is 8.74. The van der Waals surface area contributed by atoms with Crippen molar-refractivity contribution in [1.82, 2.24) is 24.4 Å². The number of aromatic nitrogens is 3. The van der Waals surface area contributed by atoms with Crippen LogP contribution in [0, 0.1) is 12.7 Å². The third kappa shape index (κ3) is 3.02. The van der Waals surface area contributed by atoms with E-state index in [0.29, 0.717) is 11.1 Å². The average Bonchev–Trinajstić information content (AvgIpc) is 3.10. The second kappa shape index (κ2) is 6.29. The van der Waals surface area contributed by atoms with Crippen LogP contribution in [0.15, 0.2) is 29.7 Å². The van der Waals surface area contributed by atoms with E-state index in [-0.39, 0.29) is 37.2 Å². The highest BCUT2D eigenvalue weighted by Crippen LogP contribution is 2.17. The van der Waals surface area contributed by atoms with E-state index in [1.807, 2.05) is 0 Å². The van der Waals surface area contributed by atoms with Crippen LogP contribution in [0.4, 0.5) is 4.39 Å². The number of hydrogen-bond donors (Lipinski definition) is 1. The molecular weight excluding hydrogens is 337 g/mol. The SMILES string of the molecule is Cc1cc(F)ccc1C(=O)N1CCN(S(=O)(=O)c2ncn[nH]2)CC1. The highest BCUT2D eigenvalue weighted by Gasteiger charge is 2.32. The predicted octanol–water partition coefficient (Wildman–Crippen LogP) is 0.399. The van der Waals surface area contributed by atoms with Crippen molar-refractivity contribution in [3.8, 4) is 0 Å². The van der Waals surface area contributed by atoms with Crippen molar-refractivity contribution in [2.45, 2.75) is 12.1 Å². The highest BCUT2D eigenvalue weighted by molar-refractivity contribution is 7.88. The molecule has 0 saturated carbocycles. The lowest BCUT2D eigenvalue weighted by Gasteiger charge is -2.33. The minimum Gasteiger partial charge on any atom is -0.336 e. The fraction of sp³-hybridized carbons (Fsp3) is 0.357. The normalized spacial score (nSPS) is 16.3. The molecule has 0 spiro atoms. The van der Waals surface area contributed by atoms with Gasteiger partial charge >= 0.3 is 0 Å². The molecule has 1 aliphatic heterocycles. The first-order chi connectivity index (χ1) is 11.4. The molecule has 128 valence electrons. The number of halogens is 1. The molecule has 1 fully saturated rings. The molecule has 0 aliphatic carbocycles. The Kier molecular flexibility index (Phi) is 4.33. The molecule has 1 N–H and O–H groups in total. The first-order valence-electron chi connectivity index (χ1n) is 7.30. The van der Waals surface area contributed by atoms with Crippen molar-refractivity contribution in [2.75, 3.05) is 26.2 Å². The number of sulfonamides is 1. The van der Waals surface area contributed by atoms with Crippen molar-refractivity contribution < 1.29 is 17.6 Å². The Balaban J connectivity index is 1.70. The molecule has 1 aliphatic rings. The van der Waals surface area contributed by atoms with Gasteiger partial charge in [-0.05, 0) is 30.7 Å². The monoisotopic (exact) mass is 353 g/mol. The van der Waals surface area contributed by atoms with Gasteiger partial charge in [0.2, 0.25) is 0 Å². The van der Waals surface area contributed by atoms with Crippen LogP contribution in [0.1, 0.15) is 15.9 Å². The van der Waals surface area contributed by atoms with Gasteiger partial charge in [-0.3, -0.25) is 4.79 Å². The zero-order valence-corrected chi connectivity index (χ0v) is 13.8. The second-order valence-electron chi connectivity index (χ2n) is 5.45. The van der Waals surface area contributed by atoms with Gasteiger partial charge in [-0.1, -0.05) is 0 Å². The maximum Gasteiger partial charge on any atom is 0.278 e. The smallest absolute Gasteiger partial charge is 0.278 e. The number of piperazine rings is 1. The van der Waals surface area contributed by atoms with Crippen LogP contribution in [0.5, 0.6) is 0 Å². The molecule has 0 bridgehead atoms. The van der Waals surface area contributed by atoms with Crippen LogP contribution in [0.2, 0.25) is 0 Å². The van der Waals surface area contributed by atoms with E-state index in [0.717, 1.165) is 6.33 Å². The largest absolute Gasteiger partial charge is 0.336 e. The number of nitrogens with one attached hydrogen (secondary N) is 1. The Morgan fingerprint density at radius 2 is 1.96 bits per heavy atom. The maximum absolute atomic E-state index is 13.2. The number of benzene rings is 1. The third-order valence-corrected chi connectivity index (χ3v) is 5.65. The summed E-state index contributed by atoms with van der Waals surface area (Å²) in [4.78, 5) is 17.8. The van der Waals surface area contributed by atoms with Gasteiger partial charge in [0.15, 0.2) is 0 Å².